The highest BCUT2D eigenvalue weighted by molar-refractivity contribution is 7.73. The van der Waals surface area contributed by atoms with E-state index in [1.807, 2.05) is 0 Å². The van der Waals surface area contributed by atoms with Gasteiger partial charge in [0.2, 0.25) is 5.13 Å². The summed E-state index contributed by atoms with van der Waals surface area (Å²) in [5, 5.41) is 7.81. The maximum Gasteiger partial charge on any atom is 0.207 e. The lowest BCUT2D eigenvalue weighted by atomic mass is 10.3. The van der Waals surface area contributed by atoms with Gasteiger partial charge in [0.15, 0.2) is 3.95 Å². The summed E-state index contributed by atoms with van der Waals surface area (Å²) in [5.41, 5.74) is 0. The highest BCUT2D eigenvalue weighted by Gasteiger charge is 2.34. The van der Waals surface area contributed by atoms with Gasteiger partial charge in [0.25, 0.3) is 0 Å². The number of aromatic amines is 1. The molecule has 0 radical (unpaired) electrons. The van der Waals surface area contributed by atoms with Crippen molar-refractivity contribution < 1.29 is 9.47 Å². The molecule has 1 aromatic rings. The van der Waals surface area contributed by atoms with E-state index in [2.05, 4.69) is 15.1 Å². The molecule has 5 nitrogen and oxygen atoms in total. The Morgan fingerprint density at radius 3 is 2.40 bits per heavy atom. The van der Waals surface area contributed by atoms with E-state index < -0.39 is 0 Å². The molecule has 0 saturated carbocycles. The number of aromatic nitrogens is 2. The van der Waals surface area contributed by atoms with Crippen molar-refractivity contribution in [2.24, 2.45) is 0 Å². The quantitative estimate of drug-likeness (QED) is 0.809. The van der Waals surface area contributed by atoms with E-state index in [0.29, 0.717) is 3.95 Å². The number of ether oxygens (including phenoxy) is 2. The molecule has 7 heteroatoms. The molecule has 2 atom stereocenters. The zero-order valence-corrected chi connectivity index (χ0v) is 10.2. The normalized spacial score (nSPS) is 26.1. The van der Waals surface area contributed by atoms with Crippen LogP contribution in [0.1, 0.15) is 0 Å². The Hall–Kier alpha value is -0.500. The number of H-pyrrole nitrogens is 1. The molecule has 1 saturated heterocycles. The van der Waals surface area contributed by atoms with Gasteiger partial charge in [-0.1, -0.05) is 11.3 Å². The van der Waals surface area contributed by atoms with E-state index in [-0.39, 0.29) is 12.2 Å². The fourth-order valence-electron chi connectivity index (χ4n) is 1.71. The van der Waals surface area contributed by atoms with Gasteiger partial charge in [-0.25, -0.2) is 0 Å². The van der Waals surface area contributed by atoms with Crippen molar-refractivity contribution in [2.45, 2.75) is 12.2 Å². The number of hydrogen-bond acceptors (Lipinski definition) is 6. The SMILES string of the molecule is COC1CN(c2n[nH]c(=S)s2)CC1OC. The van der Waals surface area contributed by atoms with E-state index in [4.69, 9.17) is 21.7 Å². The van der Waals surface area contributed by atoms with Crippen molar-refractivity contribution >= 4 is 28.7 Å². The van der Waals surface area contributed by atoms with Crippen molar-refractivity contribution in [1.82, 2.24) is 10.2 Å². The third kappa shape index (κ3) is 2.20. The van der Waals surface area contributed by atoms with E-state index >= 15 is 0 Å². The second-order valence-electron chi connectivity index (χ2n) is 3.35. The molecule has 0 spiro atoms. The summed E-state index contributed by atoms with van der Waals surface area (Å²) >= 11 is 6.47. The van der Waals surface area contributed by atoms with Crippen molar-refractivity contribution in [3.05, 3.63) is 3.95 Å². The van der Waals surface area contributed by atoms with E-state index in [9.17, 15) is 0 Å². The number of hydrogen-bond donors (Lipinski definition) is 1. The van der Waals surface area contributed by atoms with E-state index in [1.54, 1.807) is 14.2 Å². The van der Waals surface area contributed by atoms with E-state index in [0.717, 1.165) is 18.2 Å². The van der Waals surface area contributed by atoms with Gasteiger partial charge in [-0.05, 0) is 12.2 Å². The molecular weight excluding hydrogens is 234 g/mol. The van der Waals surface area contributed by atoms with Crippen LogP contribution in [0.4, 0.5) is 5.13 Å². The fraction of sp³-hybridized carbons (Fsp3) is 0.750. The van der Waals surface area contributed by atoms with Crippen molar-refractivity contribution in [1.29, 1.82) is 0 Å². The van der Waals surface area contributed by atoms with Gasteiger partial charge in [-0.2, -0.15) is 0 Å². The van der Waals surface area contributed by atoms with Gasteiger partial charge >= 0.3 is 0 Å². The van der Waals surface area contributed by atoms with Crippen LogP contribution >= 0.6 is 23.6 Å². The van der Waals surface area contributed by atoms with Gasteiger partial charge in [-0.3, -0.25) is 5.10 Å². The molecule has 0 bridgehead atoms. The first-order valence-electron chi connectivity index (χ1n) is 4.60. The number of anilines is 1. The maximum absolute atomic E-state index is 5.35. The molecule has 84 valence electrons. The first kappa shape index (κ1) is 11.0. The molecule has 2 unspecified atom stereocenters. The number of rotatable bonds is 3. The molecule has 15 heavy (non-hydrogen) atoms. The summed E-state index contributed by atoms with van der Waals surface area (Å²) in [4.78, 5) is 2.12. The van der Waals surface area contributed by atoms with Crippen LogP contribution in [0, 0.1) is 3.95 Å². The summed E-state index contributed by atoms with van der Waals surface area (Å²) < 4.78 is 11.4. The topological polar surface area (TPSA) is 50.4 Å². The molecular formula is C8H13N3O2S2. The molecule has 2 rings (SSSR count). The molecule has 2 heterocycles. The van der Waals surface area contributed by atoms with Crippen LogP contribution in [0.2, 0.25) is 0 Å². The van der Waals surface area contributed by atoms with Gasteiger partial charge in [0.1, 0.15) is 12.2 Å². The number of methoxy groups -OCH3 is 2. The Labute approximate surface area is 97.0 Å². The predicted octanol–water partition coefficient (Wildman–Crippen LogP) is 1.05. The van der Waals surface area contributed by atoms with E-state index in [1.165, 1.54) is 11.3 Å². The Bertz CT molecular complexity index is 366. The Morgan fingerprint density at radius 2 is 2.00 bits per heavy atom. The summed E-state index contributed by atoms with van der Waals surface area (Å²) in [7, 11) is 3.40. The highest BCUT2D eigenvalue weighted by Crippen LogP contribution is 2.24. The molecule has 1 aliphatic heterocycles. The maximum atomic E-state index is 5.35. The zero-order valence-electron chi connectivity index (χ0n) is 8.60. The van der Waals surface area contributed by atoms with Crippen LogP contribution in [0.15, 0.2) is 0 Å². The number of nitrogens with zero attached hydrogens (tertiary/aromatic N) is 2. The lowest BCUT2D eigenvalue weighted by Gasteiger charge is -2.13. The first-order valence-corrected chi connectivity index (χ1v) is 5.83. The minimum Gasteiger partial charge on any atom is -0.377 e. The largest absolute Gasteiger partial charge is 0.377 e. The number of nitrogens with one attached hydrogen (secondary N) is 1. The third-order valence-corrected chi connectivity index (χ3v) is 3.67. The average Bonchev–Trinajstić information content (AvgIpc) is 2.82. The summed E-state index contributed by atoms with van der Waals surface area (Å²) in [6.45, 7) is 1.59. The van der Waals surface area contributed by atoms with Crippen LogP contribution in [-0.4, -0.2) is 49.7 Å². The molecule has 0 aromatic carbocycles. The van der Waals surface area contributed by atoms with Gasteiger partial charge < -0.3 is 14.4 Å². The smallest absolute Gasteiger partial charge is 0.207 e. The molecule has 1 aliphatic rings. The fourth-order valence-corrected chi connectivity index (χ4v) is 2.61. The van der Waals surface area contributed by atoms with Crippen LogP contribution < -0.4 is 4.90 Å². The molecule has 1 aromatic heterocycles. The molecule has 1 N–H and O–H groups in total. The van der Waals surface area contributed by atoms with Gasteiger partial charge in [0.05, 0.1) is 0 Å². The zero-order chi connectivity index (χ0) is 10.8. The van der Waals surface area contributed by atoms with Crippen LogP contribution in [0.25, 0.3) is 0 Å². The second-order valence-corrected chi connectivity index (χ2v) is 4.99. The second kappa shape index (κ2) is 4.56. The minimum absolute atomic E-state index is 0.104. The average molecular weight is 247 g/mol. The lowest BCUT2D eigenvalue weighted by molar-refractivity contribution is -0.00461. The molecule has 0 aliphatic carbocycles. The highest BCUT2D eigenvalue weighted by atomic mass is 32.1. The van der Waals surface area contributed by atoms with Crippen molar-refractivity contribution in [3.8, 4) is 0 Å². The van der Waals surface area contributed by atoms with Crippen LogP contribution in [0.3, 0.4) is 0 Å². The Balaban J connectivity index is 2.11. The Morgan fingerprint density at radius 1 is 1.40 bits per heavy atom. The Kier molecular flexibility index (Phi) is 3.35. The van der Waals surface area contributed by atoms with Gasteiger partial charge in [-0.15, -0.1) is 5.10 Å². The van der Waals surface area contributed by atoms with Crippen LogP contribution in [0.5, 0.6) is 0 Å². The molecule has 0 amide bonds. The monoisotopic (exact) mass is 247 g/mol. The van der Waals surface area contributed by atoms with Gasteiger partial charge in [0, 0.05) is 27.3 Å². The molecule has 1 fully saturated rings. The summed E-state index contributed by atoms with van der Waals surface area (Å²) in [6, 6.07) is 0. The predicted molar refractivity (Wildman–Crippen MR) is 61.1 cm³/mol. The third-order valence-electron chi connectivity index (χ3n) is 2.52. The van der Waals surface area contributed by atoms with Crippen molar-refractivity contribution in [3.63, 3.8) is 0 Å². The minimum atomic E-state index is 0.104. The van der Waals surface area contributed by atoms with Crippen LogP contribution in [-0.2, 0) is 9.47 Å². The standard InChI is InChI=1S/C8H13N3O2S2/c1-12-5-3-11(4-6(5)13-2)7-9-10-8(14)15-7/h5-6H,3-4H2,1-2H3,(H,10,14). The summed E-state index contributed by atoms with van der Waals surface area (Å²) in [6.07, 6.45) is 0.208. The summed E-state index contributed by atoms with van der Waals surface area (Å²) in [5.74, 6) is 0. The van der Waals surface area contributed by atoms with Crippen molar-refractivity contribution in [2.75, 3.05) is 32.2 Å². The first-order chi connectivity index (χ1) is 7.24. The lowest BCUT2D eigenvalue weighted by Crippen LogP contribution is -2.27.